The third-order valence-electron chi connectivity index (χ3n) is 4.51. The Morgan fingerprint density at radius 3 is 2.83 bits per heavy atom. The summed E-state index contributed by atoms with van der Waals surface area (Å²) in [6, 6.07) is 1.82. The van der Waals surface area contributed by atoms with Crippen LogP contribution in [0.2, 0.25) is 5.02 Å². The maximum Gasteiger partial charge on any atom is 0.328 e. The van der Waals surface area contributed by atoms with Crippen LogP contribution in [0.3, 0.4) is 0 Å². The van der Waals surface area contributed by atoms with Crippen LogP contribution in [0.1, 0.15) is 0 Å². The molecule has 2 aliphatic rings. The molecule has 0 saturated carbocycles. The second kappa shape index (κ2) is 6.49. The molecule has 0 spiro atoms. The van der Waals surface area contributed by atoms with E-state index in [1.807, 2.05) is 0 Å². The summed E-state index contributed by atoms with van der Waals surface area (Å²) in [6.07, 6.45) is 0. The largest absolute Gasteiger partial charge is 0.379 e. The summed E-state index contributed by atoms with van der Waals surface area (Å²) in [6.45, 7) is 3.66. The number of nitrogens with zero attached hydrogens (tertiary/aromatic N) is 2. The average Bonchev–Trinajstić information content (AvgIpc) is 2.78. The summed E-state index contributed by atoms with van der Waals surface area (Å²) >= 11 is 11.4. The lowest BCUT2D eigenvalue weighted by Crippen LogP contribution is -2.47. The zero-order valence-corrected chi connectivity index (χ0v) is 15.8. The molecule has 1 atom stereocenters. The average molecular weight is 433 g/mol. The molecule has 9 heteroatoms. The van der Waals surface area contributed by atoms with Gasteiger partial charge in [0.2, 0.25) is 0 Å². The van der Waals surface area contributed by atoms with Gasteiger partial charge in [0.1, 0.15) is 0 Å². The molecule has 1 aromatic carbocycles. The lowest BCUT2D eigenvalue weighted by Gasteiger charge is -2.33. The maximum absolute atomic E-state index is 12.5. The van der Waals surface area contributed by atoms with Gasteiger partial charge in [-0.25, -0.2) is 4.79 Å². The van der Waals surface area contributed by atoms with Crippen molar-refractivity contribution in [3.63, 3.8) is 0 Å². The number of H-pyrrole nitrogens is 1. The Morgan fingerprint density at radius 1 is 1.33 bits per heavy atom. The van der Waals surface area contributed by atoms with Crippen LogP contribution in [-0.4, -0.2) is 52.5 Å². The van der Waals surface area contributed by atoms with Crippen LogP contribution in [0.4, 0.5) is 0 Å². The molecule has 3 heterocycles. The molecule has 2 aliphatic heterocycles. The van der Waals surface area contributed by atoms with Gasteiger partial charge in [0.05, 0.1) is 33.6 Å². The number of nitrogens with one attached hydrogen (secondary N) is 1. The number of hydrogen-bond donors (Lipinski definition) is 1. The molecule has 0 aliphatic carbocycles. The summed E-state index contributed by atoms with van der Waals surface area (Å²) in [4.78, 5) is 30.3. The first-order valence-corrected chi connectivity index (χ1v) is 9.81. The van der Waals surface area contributed by atoms with Gasteiger partial charge in [0, 0.05) is 36.3 Å². The molecule has 1 fully saturated rings. The Hall–Kier alpha value is -0.800. The van der Waals surface area contributed by atoms with Crippen LogP contribution in [0.25, 0.3) is 10.9 Å². The van der Waals surface area contributed by atoms with Gasteiger partial charge in [0.25, 0.3) is 5.56 Å². The van der Waals surface area contributed by atoms with Crippen molar-refractivity contribution in [2.24, 2.45) is 0 Å². The molecular formula is C15H15BrClN3O3S. The van der Waals surface area contributed by atoms with E-state index in [0.29, 0.717) is 35.7 Å². The van der Waals surface area contributed by atoms with Gasteiger partial charge in [-0.1, -0.05) is 11.6 Å². The predicted octanol–water partition coefficient (Wildman–Crippen LogP) is 1.91. The Morgan fingerprint density at radius 2 is 2.08 bits per heavy atom. The number of benzene rings is 1. The van der Waals surface area contributed by atoms with E-state index in [-0.39, 0.29) is 11.7 Å². The Bertz CT molecular complexity index is 923. The monoisotopic (exact) mass is 431 g/mol. The number of aromatic amines is 1. The zero-order chi connectivity index (χ0) is 16.8. The summed E-state index contributed by atoms with van der Waals surface area (Å²) in [5.74, 6) is 0.823. The van der Waals surface area contributed by atoms with Crippen molar-refractivity contribution in [3.8, 4) is 0 Å². The minimum absolute atomic E-state index is 0.198. The summed E-state index contributed by atoms with van der Waals surface area (Å²) in [5.41, 5.74) is -0.100. The molecule has 2 aromatic rings. The Kier molecular flexibility index (Phi) is 4.51. The fourth-order valence-corrected chi connectivity index (χ4v) is 5.45. The van der Waals surface area contributed by atoms with Crippen LogP contribution in [0, 0.1) is 0 Å². The minimum Gasteiger partial charge on any atom is -0.379 e. The first-order valence-electron chi connectivity index (χ1n) is 7.65. The molecule has 128 valence electrons. The van der Waals surface area contributed by atoms with E-state index in [1.165, 1.54) is 0 Å². The van der Waals surface area contributed by atoms with Crippen molar-refractivity contribution in [1.29, 1.82) is 0 Å². The van der Waals surface area contributed by atoms with E-state index in [9.17, 15) is 9.59 Å². The summed E-state index contributed by atoms with van der Waals surface area (Å²) < 4.78 is 7.84. The van der Waals surface area contributed by atoms with Crippen molar-refractivity contribution in [1.82, 2.24) is 14.5 Å². The number of morpholine rings is 1. The lowest BCUT2D eigenvalue weighted by molar-refractivity contribution is 0.0180. The molecule has 1 aromatic heterocycles. The standard InChI is InChI=1S/C15H15BrClN3O3S/c16-11-10(17)5-9-12-13(11)24-7-8(19-1-3-23-4-2-19)6-20(12)15(22)18-14(9)21/h5,8H,1-4,6-7H2,(H,18,21,22)/t8-/m0/s1. The number of ether oxygens (including phenoxy) is 1. The minimum atomic E-state index is -0.396. The molecule has 1 saturated heterocycles. The van der Waals surface area contributed by atoms with Crippen molar-refractivity contribution in [2.75, 3.05) is 32.1 Å². The van der Waals surface area contributed by atoms with Crippen LogP contribution < -0.4 is 11.2 Å². The highest BCUT2D eigenvalue weighted by Crippen LogP contribution is 2.40. The third kappa shape index (κ3) is 2.74. The quantitative estimate of drug-likeness (QED) is 0.746. The number of halogens is 2. The SMILES string of the molecule is O=c1[nH]c(=O)n2c3c(c(Br)c(Cl)cc13)SC[C@@H](N1CCOCC1)C2. The van der Waals surface area contributed by atoms with Crippen LogP contribution >= 0.6 is 39.3 Å². The Labute approximate surface area is 155 Å². The molecule has 0 radical (unpaired) electrons. The third-order valence-corrected chi connectivity index (χ3v) is 7.36. The van der Waals surface area contributed by atoms with Crippen molar-refractivity contribution in [3.05, 3.63) is 36.4 Å². The van der Waals surface area contributed by atoms with Crippen LogP contribution in [0.5, 0.6) is 0 Å². The fourth-order valence-electron chi connectivity index (χ4n) is 3.28. The zero-order valence-electron chi connectivity index (χ0n) is 12.7. The molecule has 6 nitrogen and oxygen atoms in total. The van der Waals surface area contributed by atoms with E-state index in [1.54, 1.807) is 22.4 Å². The highest BCUT2D eigenvalue weighted by molar-refractivity contribution is 9.10. The van der Waals surface area contributed by atoms with E-state index in [4.69, 9.17) is 16.3 Å². The number of aromatic nitrogens is 2. The van der Waals surface area contributed by atoms with Gasteiger partial charge in [-0.05, 0) is 22.0 Å². The topological polar surface area (TPSA) is 67.3 Å². The van der Waals surface area contributed by atoms with E-state index >= 15 is 0 Å². The fraction of sp³-hybridized carbons (Fsp3) is 0.467. The van der Waals surface area contributed by atoms with Gasteiger partial charge in [-0.2, -0.15) is 0 Å². The highest BCUT2D eigenvalue weighted by Gasteiger charge is 2.28. The second-order valence-electron chi connectivity index (χ2n) is 5.88. The summed E-state index contributed by atoms with van der Waals surface area (Å²) in [7, 11) is 0. The van der Waals surface area contributed by atoms with Gasteiger partial charge in [-0.3, -0.25) is 19.2 Å². The maximum atomic E-state index is 12.5. The molecule has 0 unspecified atom stereocenters. The van der Waals surface area contributed by atoms with E-state index in [0.717, 1.165) is 28.2 Å². The smallest absolute Gasteiger partial charge is 0.328 e. The molecule has 0 bridgehead atoms. The number of thioether (sulfide) groups is 1. The van der Waals surface area contributed by atoms with Gasteiger partial charge < -0.3 is 4.74 Å². The van der Waals surface area contributed by atoms with Crippen molar-refractivity contribution in [2.45, 2.75) is 17.5 Å². The highest BCUT2D eigenvalue weighted by atomic mass is 79.9. The van der Waals surface area contributed by atoms with Crippen LogP contribution in [-0.2, 0) is 11.3 Å². The van der Waals surface area contributed by atoms with Crippen molar-refractivity contribution < 1.29 is 4.74 Å². The van der Waals surface area contributed by atoms with E-state index in [2.05, 4.69) is 25.8 Å². The van der Waals surface area contributed by atoms with Crippen LogP contribution in [0.15, 0.2) is 25.0 Å². The number of hydrogen-bond acceptors (Lipinski definition) is 5. The predicted molar refractivity (Wildman–Crippen MR) is 98.4 cm³/mol. The Balaban J connectivity index is 1.90. The molecule has 24 heavy (non-hydrogen) atoms. The summed E-state index contributed by atoms with van der Waals surface area (Å²) in [5, 5.41) is 0.929. The first kappa shape index (κ1) is 16.7. The molecular weight excluding hydrogens is 418 g/mol. The number of rotatable bonds is 1. The first-order chi connectivity index (χ1) is 11.6. The molecule has 4 rings (SSSR count). The normalized spacial score (nSPS) is 21.8. The van der Waals surface area contributed by atoms with Crippen molar-refractivity contribution >= 4 is 50.2 Å². The molecule has 0 amide bonds. The van der Waals surface area contributed by atoms with Gasteiger partial charge in [-0.15, -0.1) is 11.8 Å². The lowest BCUT2D eigenvalue weighted by atomic mass is 10.2. The van der Waals surface area contributed by atoms with E-state index < -0.39 is 5.56 Å². The second-order valence-corrected chi connectivity index (χ2v) is 8.11. The van der Waals surface area contributed by atoms with Gasteiger partial charge in [0.15, 0.2) is 0 Å². The molecule has 1 N–H and O–H groups in total. The van der Waals surface area contributed by atoms with Gasteiger partial charge >= 0.3 is 5.69 Å².